The first-order chi connectivity index (χ1) is 14.3. The molecule has 3 aromatic rings. The van der Waals surface area contributed by atoms with E-state index in [-0.39, 0.29) is 5.91 Å². The number of hydrogen-bond acceptors (Lipinski definition) is 4. The van der Waals surface area contributed by atoms with Gasteiger partial charge in [-0.15, -0.1) is 0 Å². The van der Waals surface area contributed by atoms with Gasteiger partial charge < -0.3 is 14.0 Å². The molecule has 0 fully saturated rings. The zero-order chi connectivity index (χ0) is 21.8. The number of aromatic nitrogens is 1. The topological polar surface area (TPSA) is 64.8 Å². The van der Waals surface area contributed by atoms with Gasteiger partial charge >= 0.3 is 0 Å². The molecule has 0 radical (unpaired) electrons. The van der Waals surface area contributed by atoms with E-state index in [2.05, 4.69) is 60.1 Å². The Labute approximate surface area is 177 Å². The normalized spacial score (nSPS) is 11.0. The molecule has 1 aromatic heterocycles. The Morgan fingerprint density at radius 3 is 2.33 bits per heavy atom. The summed E-state index contributed by atoms with van der Waals surface area (Å²) in [5, 5.41) is 4.15. The van der Waals surface area contributed by atoms with Crippen LogP contribution in [-0.4, -0.2) is 30.9 Å². The second kappa shape index (κ2) is 8.86. The maximum absolute atomic E-state index is 12.4. The SMILES string of the molecule is COc1ccc(C(=O)N/N=C\c2cc(C)n(-c3ccc(C)c(C)c3)c2C)cc1OC. The summed E-state index contributed by atoms with van der Waals surface area (Å²) in [5.41, 5.74) is 9.73. The molecule has 6 nitrogen and oxygen atoms in total. The molecule has 0 bridgehead atoms. The average molecular weight is 405 g/mol. The molecule has 0 saturated carbocycles. The predicted molar refractivity (Wildman–Crippen MR) is 119 cm³/mol. The van der Waals surface area contributed by atoms with Gasteiger partial charge in [-0.1, -0.05) is 6.07 Å². The highest BCUT2D eigenvalue weighted by atomic mass is 16.5. The van der Waals surface area contributed by atoms with Gasteiger partial charge in [0.2, 0.25) is 0 Å². The molecule has 0 atom stereocenters. The van der Waals surface area contributed by atoms with Crippen molar-refractivity contribution in [1.29, 1.82) is 0 Å². The lowest BCUT2D eigenvalue weighted by molar-refractivity contribution is 0.0954. The van der Waals surface area contributed by atoms with Crippen LogP contribution in [0.5, 0.6) is 11.5 Å². The molecule has 0 spiro atoms. The van der Waals surface area contributed by atoms with Crippen LogP contribution < -0.4 is 14.9 Å². The standard InChI is InChI=1S/C24H27N3O3/c1-15-7-9-21(11-16(15)2)27-17(3)12-20(18(27)4)14-25-26-24(28)19-8-10-22(29-5)23(13-19)30-6/h7-14H,1-6H3,(H,26,28)/b25-14-. The van der Waals surface area contributed by atoms with Gasteiger partial charge in [0.25, 0.3) is 5.91 Å². The average Bonchev–Trinajstić information content (AvgIpc) is 3.02. The molecule has 3 rings (SSSR count). The summed E-state index contributed by atoms with van der Waals surface area (Å²) in [7, 11) is 3.08. The van der Waals surface area contributed by atoms with Crippen LogP contribution in [0.25, 0.3) is 5.69 Å². The monoisotopic (exact) mass is 405 g/mol. The Morgan fingerprint density at radius 2 is 1.67 bits per heavy atom. The third-order valence-corrected chi connectivity index (χ3v) is 5.23. The van der Waals surface area contributed by atoms with Crippen LogP contribution in [0, 0.1) is 27.7 Å². The molecule has 1 heterocycles. The Kier molecular flexibility index (Phi) is 6.26. The number of benzene rings is 2. The number of hydrazone groups is 1. The molecule has 0 aliphatic heterocycles. The zero-order valence-corrected chi connectivity index (χ0v) is 18.2. The van der Waals surface area contributed by atoms with E-state index in [1.54, 1.807) is 31.5 Å². The molecule has 0 aliphatic carbocycles. The molecule has 1 amide bonds. The minimum atomic E-state index is -0.324. The fourth-order valence-electron chi connectivity index (χ4n) is 3.38. The highest BCUT2D eigenvalue weighted by molar-refractivity contribution is 5.95. The van der Waals surface area contributed by atoms with Gasteiger partial charge in [0, 0.05) is 28.2 Å². The summed E-state index contributed by atoms with van der Waals surface area (Å²) < 4.78 is 12.6. The number of carbonyl (C=O) groups is 1. The van der Waals surface area contributed by atoms with E-state index in [0.717, 1.165) is 22.6 Å². The van der Waals surface area contributed by atoms with Crippen LogP contribution in [0.2, 0.25) is 0 Å². The van der Waals surface area contributed by atoms with Crippen molar-refractivity contribution in [2.75, 3.05) is 14.2 Å². The summed E-state index contributed by atoms with van der Waals surface area (Å²) in [5.74, 6) is 0.734. The predicted octanol–water partition coefficient (Wildman–Crippen LogP) is 4.49. The van der Waals surface area contributed by atoms with Crippen molar-refractivity contribution in [2.45, 2.75) is 27.7 Å². The van der Waals surface area contributed by atoms with Crippen molar-refractivity contribution in [3.8, 4) is 17.2 Å². The molecule has 30 heavy (non-hydrogen) atoms. The molecule has 156 valence electrons. The lowest BCUT2D eigenvalue weighted by Crippen LogP contribution is -2.17. The second-order valence-corrected chi connectivity index (χ2v) is 7.20. The minimum absolute atomic E-state index is 0.324. The number of rotatable bonds is 6. The Bertz CT molecular complexity index is 1110. The number of nitrogens with one attached hydrogen (secondary N) is 1. The number of ether oxygens (including phenoxy) is 2. The molecule has 0 saturated heterocycles. The van der Waals surface area contributed by atoms with Crippen molar-refractivity contribution in [1.82, 2.24) is 9.99 Å². The second-order valence-electron chi connectivity index (χ2n) is 7.20. The van der Waals surface area contributed by atoms with Gasteiger partial charge in [0.1, 0.15) is 0 Å². The lowest BCUT2D eigenvalue weighted by atomic mass is 10.1. The molecular formula is C24H27N3O3. The van der Waals surface area contributed by atoms with Crippen molar-refractivity contribution in [3.63, 3.8) is 0 Å². The summed E-state index contributed by atoms with van der Waals surface area (Å²) >= 11 is 0. The van der Waals surface area contributed by atoms with Crippen LogP contribution in [0.3, 0.4) is 0 Å². The number of amides is 1. The van der Waals surface area contributed by atoms with Crippen molar-refractivity contribution in [2.24, 2.45) is 5.10 Å². The van der Waals surface area contributed by atoms with Crippen LogP contribution in [0.1, 0.15) is 38.4 Å². The summed E-state index contributed by atoms with van der Waals surface area (Å²) in [4.78, 5) is 12.4. The molecule has 2 aromatic carbocycles. The molecular weight excluding hydrogens is 378 g/mol. The fourth-order valence-corrected chi connectivity index (χ4v) is 3.38. The van der Waals surface area contributed by atoms with Crippen LogP contribution in [-0.2, 0) is 0 Å². The Hall–Kier alpha value is -3.54. The smallest absolute Gasteiger partial charge is 0.271 e. The summed E-state index contributed by atoms with van der Waals surface area (Å²) in [6.45, 7) is 8.31. The number of carbonyl (C=O) groups excluding carboxylic acids is 1. The highest BCUT2D eigenvalue weighted by Crippen LogP contribution is 2.27. The first-order valence-electron chi connectivity index (χ1n) is 9.67. The van der Waals surface area contributed by atoms with Crippen molar-refractivity contribution >= 4 is 12.1 Å². The van der Waals surface area contributed by atoms with E-state index in [1.165, 1.54) is 18.2 Å². The van der Waals surface area contributed by atoms with Gasteiger partial charge in [0.05, 0.1) is 20.4 Å². The van der Waals surface area contributed by atoms with E-state index in [9.17, 15) is 4.79 Å². The van der Waals surface area contributed by atoms with Gasteiger partial charge in [-0.2, -0.15) is 5.10 Å². The number of hydrogen-bond donors (Lipinski definition) is 1. The van der Waals surface area contributed by atoms with E-state index >= 15 is 0 Å². The van der Waals surface area contributed by atoms with E-state index in [1.807, 2.05) is 6.92 Å². The Morgan fingerprint density at radius 1 is 0.933 bits per heavy atom. The fraction of sp³-hybridized carbons (Fsp3) is 0.250. The van der Waals surface area contributed by atoms with E-state index in [4.69, 9.17) is 9.47 Å². The van der Waals surface area contributed by atoms with E-state index in [0.29, 0.717) is 17.1 Å². The first-order valence-corrected chi connectivity index (χ1v) is 9.67. The maximum atomic E-state index is 12.4. The summed E-state index contributed by atoms with van der Waals surface area (Å²) in [6.07, 6.45) is 1.67. The number of aryl methyl sites for hydroxylation is 3. The van der Waals surface area contributed by atoms with Gasteiger partial charge in [0.15, 0.2) is 11.5 Å². The molecule has 0 unspecified atom stereocenters. The third kappa shape index (κ3) is 4.22. The quantitative estimate of drug-likeness (QED) is 0.485. The van der Waals surface area contributed by atoms with Crippen LogP contribution >= 0.6 is 0 Å². The minimum Gasteiger partial charge on any atom is -0.493 e. The third-order valence-electron chi connectivity index (χ3n) is 5.23. The Balaban J connectivity index is 1.78. The van der Waals surface area contributed by atoms with Crippen LogP contribution in [0.15, 0.2) is 47.6 Å². The highest BCUT2D eigenvalue weighted by Gasteiger charge is 2.12. The van der Waals surface area contributed by atoms with E-state index < -0.39 is 0 Å². The zero-order valence-electron chi connectivity index (χ0n) is 18.2. The molecule has 6 heteroatoms. The van der Waals surface area contributed by atoms with Crippen molar-refractivity contribution in [3.05, 3.63) is 76.1 Å². The number of nitrogens with zero attached hydrogens (tertiary/aromatic N) is 2. The summed E-state index contributed by atoms with van der Waals surface area (Å²) in [6, 6.07) is 13.4. The van der Waals surface area contributed by atoms with Gasteiger partial charge in [-0.05, 0) is 75.2 Å². The van der Waals surface area contributed by atoms with Gasteiger partial charge in [-0.25, -0.2) is 5.43 Å². The molecule has 0 aliphatic rings. The van der Waals surface area contributed by atoms with Crippen molar-refractivity contribution < 1.29 is 14.3 Å². The van der Waals surface area contributed by atoms with Gasteiger partial charge in [-0.3, -0.25) is 4.79 Å². The first kappa shape index (κ1) is 21.2. The molecule has 1 N–H and O–H groups in total. The lowest BCUT2D eigenvalue weighted by Gasteiger charge is -2.11. The number of methoxy groups -OCH3 is 2. The maximum Gasteiger partial charge on any atom is 0.271 e. The van der Waals surface area contributed by atoms with Crippen LogP contribution in [0.4, 0.5) is 0 Å². The largest absolute Gasteiger partial charge is 0.493 e.